The van der Waals surface area contributed by atoms with E-state index in [1.165, 1.54) is 44.5 Å². The Morgan fingerprint density at radius 3 is 1.00 bits per heavy atom. The summed E-state index contributed by atoms with van der Waals surface area (Å²) in [6.45, 7) is 1.12. The summed E-state index contributed by atoms with van der Waals surface area (Å²) in [6.07, 6.45) is 1.66. The van der Waals surface area contributed by atoms with Gasteiger partial charge in [-0.1, -0.05) is 146 Å². The molecule has 282 valence electrons. The van der Waals surface area contributed by atoms with Crippen molar-refractivity contribution in [3.05, 3.63) is 239 Å². The smallest absolute Gasteiger partial charge is 0.119 e. The molecule has 10 rings (SSSR count). The second kappa shape index (κ2) is 14.5. The summed E-state index contributed by atoms with van der Waals surface area (Å²) in [4.78, 5) is 0. The number of hydrogen-bond acceptors (Lipinski definition) is 4. The minimum Gasteiger partial charge on any atom is -0.508 e. The lowest BCUT2D eigenvalue weighted by Crippen LogP contribution is -2.28. The van der Waals surface area contributed by atoms with E-state index in [0.29, 0.717) is 13.2 Å². The molecule has 0 aliphatic heterocycles. The highest BCUT2D eigenvalue weighted by molar-refractivity contribution is 5.87. The van der Waals surface area contributed by atoms with Crippen molar-refractivity contribution >= 4 is 0 Å². The molecule has 0 bridgehead atoms. The molecule has 0 amide bonds. The van der Waals surface area contributed by atoms with E-state index in [1.807, 2.05) is 36.4 Å². The van der Waals surface area contributed by atoms with Crippen molar-refractivity contribution in [2.75, 3.05) is 13.2 Å². The number of hydrogen-bond donors (Lipinski definition) is 2. The zero-order valence-corrected chi connectivity index (χ0v) is 32.0. The number of ether oxygens (including phenoxy) is 2. The molecular weight excluding hydrogens is 713 g/mol. The molecule has 2 N–H and O–H groups in total. The molecular formula is C54H42O4. The number of rotatable bonds is 11. The minimum atomic E-state index is -0.563. The van der Waals surface area contributed by atoms with Crippen LogP contribution in [0.15, 0.2) is 194 Å². The summed E-state index contributed by atoms with van der Waals surface area (Å²) >= 11 is 0. The second-order valence-corrected chi connectivity index (χ2v) is 15.2. The SMILES string of the molecule is Oc1ccc(C2(c3cccc(OCCCCOc4cccc(C5(c6ccc(O)cc6)c6ccccc6-c6ccccc65)c4)c3)c3ccccc3-c3ccccc32)cc1. The van der Waals surface area contributed by atoms with E-state index in [0.717, 1.165) is 46.6 Å². The first-order valence-corrected chi connectivity index (χ1v) is 20.0. The van der Waals surface area contributed by atoms with Gasteiger partial charge in [-0.2, -0.15) is 0 Å². The normalized spacial score (nSPS) is 13.9. The number of aromatic hydroxyl groups is 2. The monoisotopic (exact) mass is 754 g/mol. The Labute approximate surface area is 339 Å². The molecule has 2 aliphatic carbocycles. The van der Waals surface area contributed by atoms with Gasteiger partial charge in [0.05, 0.1) is 24.0 Å². The molecule has 0 fully saturated rings. The van der Waals surface area contributed by atoms with Crippen molar-refractivity contribution in [2.45, 2.75) is 23.7 Å². The molecule has 0 saturated heterocycles. The first kappa shape index (κ1) is 35.4. The zero-order valence-electron chi connectivity index (χ0n) is 32.0. The van der Waals surface area contributed by atoms with Gasteiger partial charge in [0.2, 0.25) is 0 Å². The fourth-order valence-electron chi connectivity index (χ4n) is 9.69. The third-order valence-electron chi connectivity index (χ3n) is 12.1. The van der Waals surface area contributed by atoms with Gasteiger partial charge in [-0.3, -0.25) is 0 Å². The number of unbranched alkanes of at least 4 members (excludes halogenated alkanes) is 1. The van der Waals surface area contributed by atoms with E-state index >= 15 is 0 Å². The van der Waals surface area contributed by atoms with Gasteiger partial charge < -0.3 is 19.7 Å². The van der Waals surface area contributed by atoms with Crippen molar-refractivity contribution in [1.29, 1.82) is 0 Å². The molecule has 2 aliphatic rings. The van der Waals surface area contributed by atoms with Crippen LogP contribution < -0.4 is 9.47 Å². The topological polar surface area (TPSA) is 58.9 Å². The number of fused-ring (bicyclic) bond motifs is 6. The van der Waals surface area contributed by atoms with Crippen LogP contribution in [0.3, 0.4) is 0 Å². The van der Waals surface area contributed by atoms with Crippen LogP contribution in [0.4, 0.5) is 0 Å². The summed E-state index contributed by atoms with van der Waals surface area (Å²) in [7, 11) is 0. The molecule has 0 aromatic heterocycles. The maximum Gasteiger partial charge on any atom is 0.119 e. The summed E-state index contributed by atoms with van der Waals surface area (Å²) in [5.41, 5.74) is 13.0. The molecule has 0 atom stereocenters. The second-order valence-electron chi connectivity index (χ2n) is 15.2. The van der Waals surface area contributed by atoms with Gasteiger partial charge in [0.15, 0.2) is 0 Å². The summed E-state index contributed by atoms with van der Waals surface area (Å²) in [5.74, 6) is 2.14. The lowest BCUT2D eigenvalue weighted by Gasteiger charge is -2.34. The molecule has 0 heterocycles. The summed E-state index contributed by atoms with van der Waals surface area (Å²) in [6, 6.07) is 66.8. The minimum absolute atomic E-state index is 0.246. The lowest BCUT2D eigenvalue weighted by molar-refractivity contribution is 0.266. The van der Waals surface area contributed by atoms with Gasteiger partial charge in [-0.25, -0.2) is 0 Å². The van der Waals surface area contributed by atoms with Gasteiger partial charge in [0, 0.05) is 0 Å². The Morgan fingerprint density at radius 1 is 0.328 bits per heavy atom. The molecule has 0 unspecified atom stereocenters. The Balaban J connectivity index is 0.874. The molecule has 4 nitrogen and oxygen atoms in total. The van der Waals surface area contributed by atoms with Gasteiger partial charge in [-0.15, -0.1) is 0 Å². The van der Waals surface area contributed by atoms with Gasteiger partial charge >= 0.3 is 0 Å². The van der Waals surface area contributed by atoms with Crippen molar-refractivity contribution in [3.8, 4) is 45.3 Å². The fraction of sp³-hybridized carbons (Fsp3) is 0.111. The maximum atomic E-state index is 10.3. The highest BCUT2D eigenvalue weighted by Gasteiger charge is 2.47. The van der Waals surface area contributed by atoms with E-state index in [4.69, 9.17) is 9.47 Å². The van der Waals surface area contributed by atoms with E-state index < -0.39 is 10.8 Å². The van der Waals surface area contributed by atoms with Crippen LogP contribution in [0.25, 0.3) is 22.3 Å². The van der Waals surface area contributed by atoms with Crippen LogP contribution in [0.2, 0.25) is 0 Å². The van der Waals surface area contributed by atoms with Crippen molar-refractivity contribution in [1.82, 2.24) is 0 Å². The van der Waals surface area contributed by atoms with Gasteiger partial charge in [-0.05, 0) is 128 Å². The van der Waals surface area contributed by atoms with Crippen LogP contribution in [0.5, 0.6) is 23.0 Å². The summed E-state index contributed by atoms with van der Waals surface area (Å²) in [5, 5.41) is 20.5. The van der Waals surface area contributed by atoms with Crippen LogP contribution in [0, 0.1) is 0 Å². The van der Waals surface area contributed by atoms with Gasteiger partial charge in [0.1, 0.15) is 23.0 Å². The Kier molecular flexibility index (Phi) is 8.83. The largest absolute Gasteiger partial charge is 0.508 e. The maximum absolute atomic E-state index is 10.3. The molecule has 0 spiro atoms. The third-order valence-corrected chi connectivity index (χ3v) is 12.1. The predicted molar refractivity (Wildman–Crippen MR) is 231 cm³/mol. The van der Waals surface area contributed by atoms with Crippen molar-refractivity contribution < 1.29 is 19.7 Å². The van der Waals surface area contributed by atoms with Crippen LogP contribution in [0.1, 0.15) is 57.3 Å². The number of phenolic OH excluding ortho intramolecular Hbond substituents is 2. The van der Waals surface area contributed by atoms with Crippen molar-refractivity contribution in [3.63, 3.8) is 0 Å². The highest BCUT2D eigenvalue weighted by Crippen LogP contribution is 2.58. The number of phenols is 2. The Bertz CT molecular complexity index is 2480. The Morgan fingerprint density at radius 2 is 0.655 bits per heavy atom. The van der Waals surface area contributed by atoms with E-state index in [9.17, 15) is 10.2 Å². The Hall–Kier alpha value is -7.04. The van der Waals surface area contributed by atoms with Crippen LogP contribution in [-0.4, -0.2) is 23.4 Å². The average molecular weight is 755 g/mol. The van der Waals surface area contributed by atoms with E-state index in [2.05, 4.69) is 133 Å². The van der Waals surface area contributed by atoms with Crippen molar-refractivity contribution in [2.24, 2.45) is 0 Å². The first-order chi connectivity index (χ1) is 28.6. The number of benzene rings is 8. The van der Waals surface area contributed by atoms with E-state index in [1.54, 1.807) is 24.3 Å². The lowest BCUT2D eigenvalue weighted by atomic mass is 9.67. The molecule has 0 radical (unpaired) electrons. The summed E-state index contributed by atoms with van der Waals surface area (Å²) < 4.78 is 12.9. The van der Waals surface area contributed by atoms with E-state index in [-0.39, 0.29) is 11.5 Å². The predicted octanol–water partition coefficient (Wildman–Crippen LogP) is 12.1. The van der Waals surface area contributed by atoms with Gasteiger partial charge in [0.25, 0.3) is 0 Å². The standard InChI is InChI=1S/C54H42O4/c55-41-29-25-37(26-30-41)53(49-21-5-1-17-45(49)46-18-2-6-22-50(46)53)39-13-11-15-43(35-39)57-33-9-10-34-58-44-16-12-14-40(36-44)54(38-27-31-42(56)32-28-38)51-23-7-3-19-47(51)48-20-4-8-24-52(48)54/h1-8,11-32,35-36,55-56H,9-10,33-34H2. The first-order valence-electron chi connectivity index (χ1n) is 20.0. The molecule has 0 saturated carbocycles. The molecule has 58 heavy (non-hydrogen) atoms. The van der Waals surface area contributed by atoms with Crippen LogP contribution >= 0.6 is 0 Å². The van der Waals surface area contributed by atoms with Crippen LogP contribution in [-0.2, 0) is 10.8 Å². The molecule has 8 aromatic carbocycles. The fourth-order valence-corrected chi connectivity index (χ4v) is 9.69. The third kappa shape index (κ3) is 5.59. The zero-order chi connectivity index (χ0) is 39.1. The molecule has 4 heteroatoms. The average Bonchev–Trinajstić information content (AvgIpc) is 3.75. The quantitative estimate of drug-likeness (QED) is 0.129. The highest BCUT2D eigenvalue weighted by atomic mass is 16.5. The molecule has 8 aromatic rings.